The van der Waals surface area contributed by atoms with Crippen LogP contribution in [0, 0.1) is 56.8 Å². The monoisotopic (exact) mass is 521 g/mol. The maximum Gasteiger partial charge on any atom is 0.312 e. The van der Waals surface area contributed by atoms with Crippen molar-refractivity contribution in [2.45, 2.75) is 93.1 Å². The predicted molar refractivity (Wildman–Crippen MR) is 143 cm³/mol. The molecule has 5 rings (SSSR count). The van der Waals surface area contributed by atoms with Gasteiger partial charge < -0.3 is 14.6 Å². The van der Waals surface area contributed by atoms with Crippen molar-refractivity contribution < 1.29 is 24.2 Å². The summed E-state index contributed by atoms with van der Waals surface area (Å²) in [7, 11) is 1.45. The molecule has 0 unspecified atom stereocenters. The number of hydrogen-bond acceptors (Lipinski definition) is 5. The molecular weight excluding hydrogens is 478 g/mol. The summed E-state index contributed by atoms with van der Waals surface area (Å²) >= 11 is 0. The van der Waals surface area contributed by atoms with E-state index in [1.54, 1.807) is 12.2 Å². The number of carbonyl (C=O) groups is 3. The Labute approximate surface area is 227 Å². The number of esters is 1. The molecule has 0 aromatic carbocycles. The van der Waals surface area contributed by atoms with Gasteiger partial charge in [-0.05, 0) is 66.8 Å². The Kier molecular flexibility index (Phi) is 5.68. The molecule has 206 valence electrons. The van der Waals surface area contributed by atoms with Crippen LogP contribution in [0.4, 0.5) is 0 Å². The minimum atomic E-state index is -0.939. The minimum Gasteiger partial charge on any atom is -0.469 e. The lowest BCUT2D eigenvalue weighted by Crippen LogP contribution is -2.68. The summed E-state index contributed by atoms with van der Waals surface area (Å²) in [6.45, 7) is 22.2. The molecule has 0 heterocycles. The molecule has 3 saturated carbocycles. The van der Waals surface area contributed by atoms with E-state index in [4.69, 9.17) is 11.3 Å². The Bertz CT molecular complexity index is 1230. The van der Waals surface area contributed by atoms with Gasteiger partial charge in [0.15, 0.2) is 11.6 Å². The van der Waals surface area contributed by atoms with E-state index < -0.39 is 39.1 Å². The van der Waals surface area contributed by atoms with Crippen LogP contribution in [0.1, 0.15) is 87.0 Å². The molecule has 1 N–H and O–H groups in total. The Morgan fingerprint density at radius 2 is 1.66 bits per heavy atom. The van der Waals surface area contributed by atoms with Crippen molar-refractivity contribution in [1.29, 1.82) is 0 Å². The number of methoxy groups -OCH3 is 1. The highest BCUT2D eigenvalue weighted by atomic mass is 16.5. The second kappa shape index (κ2) is 7.90. The highest BCUT2D eigenvalue weighted by Crippen LogP contribution is 2.74. The molecule has 0 aromatic heterocycles. The number of nitrogens with zero attached hydrogens (tertiary/aromatic N) is 1. The zero-order chi connectivity index (χ0) is 28.3. The number of fused-ring (bicyclic) bond motifs is 7. The summed E-state index contributed by atoms with van der Waals surface area (Å²) in [6.07, 6.45) is 6.96. The third kappa shape index (κ3) is 3.12. The summed E-state index contributed by atoms with van der Waals surface area (Å²) in [6, 6.07) is 0. The summed E-state index contributed by atoms with van der Waals surface area (Å²) in [5.41, 5.74) is -2.41. The fourth-order valence-electron chi connectivity index (χ4n) is 10.4. The molecule has 3 fully saturated rings. The van der Waals surface area contributed by atoms with E-state index >= 15 is 0 Å². The molecule has 6 nitrogen and oxygen atoms in total. The first-order valence-electron chi connectivity index (χ1n) is 14.1. The van der Waals surface area contributed by atoms with Gasteiger partial charge in [0.25, 0.3) is 0 Å². The van der Waals surface area contributed by atoms with Crippen molar-refractivity contribution >= 4 is 17.5 Å². The van der Waals surface area contributed by atoms with E-state index in [1.807, 2.05) is 20.8 Å². The highest BCUT2D eigenvalue weighted by molar-refractivity contribution is 6.03. The van der Waals surface area contributed by atoms with Crippen LogP contribution < -0.4 is 0 Å². The Hall–Kier alpha value is -2.26. The standard InChI is InChI=1S/C32H43NO5/c1-27(2)10-12-32(26(37)38-9)13-11-30(6)23(18(32)15-27)20(34)14-22-29(5)16-19(33-8)25(36)28(3,4)24(29)21(35)17-31(22,30)7/h14,16,18,21,23-24,35H,10-13,15,17H2,1-7,9H3/t18-,21+,23-,24-,29+,30+,31+,32-/m0/s1. The van der Waals surface area contributed by atoms with Gasteiger partial charge >= 0.3 is 5.97 Å². The quantitative estimate of drug-likeness (QED) is 0.353. The fraction of sp³-hybridized carbons (Fsp3) is 0.750. The van der Waals surface area contributed by atoms with Crippen LogP contribution in [0.15, 0.2) is 23.4 Å². The van der Waals surface area contributed by atoms with Crippen LogP contribution in [-0.2, 0) is 19.1 Å². The average Bonchev–Trinajstić information content (AvgIpc) is 2.82. The molecule has 5 aliphatic rings. The lowest BCUT2D eigenvalue weighted by molar-refractivity contribution is -0.197. The summed E-state index contributed by atoms with van der Waals surface area (Å²) in [5.74, 6) is -1.33. The van der Waals surface area contributed by atoms with Crippen LogP contribution in [0.3, 0.4) is 0 Å². The van der Waals surface area contributed by atoms with Gasteiger partial charge in [-0.15, -0.1) is 0 Å². The van der Waals surface area contributed by atoms with Crippen LogP contribution in [0.2, 0.25) is 0 Å². The third-order valence-electron chi connectivity index (χ3n) is 12.3. The van der Waals surface area contributed by atoms with Crippen molar-refractivity contribution in [3.63, 3.8) is 0 Å². The van der Waals surface area contributed by atoms with Gasteiger partial charge in [-0.2, -0.15) is 0 Å². The SMILES string of the molecule is [C-]#[N+]C1=C[C@]2(C)C3=CC(=O)[C@@H]4[C@@H]5CC(C)(C)CC[C@]5(C(=O)OC)CC[C@@]4(C)[C@]3(C)C[C@@H](O)[C@H]2C(C)(C)C1=O. The summed E-state index contributed by atoms with van der Waals surface area (Å²) < 4.78 is 5.39. The smallest absolute Gasteiger partial charge is 0.312 e. The van der Waals surface area contributed by atoms with Gasteiger partial charge in [0.1, 0.15) is 0 Å². The molecule has 8 atom stereocenters. The topological polar surface area (TPSA) is 85.0 Å². The number of ketones is 2. The van der Waals surface area contributed by atoms with Gasteiger partial charge in [-0.3, -0.25) is 9.59 Å². The van der Waals surface area contributed by atoms with Gasteiger partial charge in [0.05, 0.1) is 25.2 Å². The van der Waals surface area contributed by atoms with Crippen molar-refractivity contribution in [3.05, 3.63) is 34.8 Å². The van der Waals surface area contributed by atoms with E-state index in [1.165, 1.54) is 7.11 Å². The minimum absolute atomic E-state index is 0.00971. The van der Waals surface area contributed by atoms with Crippen LogP contribution >= 0.6 is 0 Å². The Morgan fingerprint density at radius 1 is 1.03 bits per heavy atom. The van der Waals surface area contributed by atoms with Crippen LogP contribution in [-0.4, -0.2) is 35.9 Å². The maximum atomic E-state index is 14.4. The number of carbonyl (C=O) groups excluding carboxylic acids is 3. The molecular formula is C32H43NO5. The number of allylic oxidation sites excluding steroid dienone is 4. The first kappa shape index (κ1) is 27.3. The molecule has 38 heavy (non-hydrogen) atoms. The highest BCUT2D eigenvalue weighted by Gasteiger charge is 2.72. The number of aliphatic hydroxyl groups excluding tert-OH is 1. The first-order chi connectivity index (χ1) is 17.4. The largest absolute Gasteiger partial charge is 0.469 e. The zero-order valence-electron chi connectivity index (χ0n) is 24.2. The van der Waals surface area contributed by atoms with E-state index in [-0.39, 0.29) is 40.5 Å². The molecule has 0 saturated heterocycles. The second-order valence-electron chi connectivity index (χ2n) is 15.0. The summed E-state index contributed by atoms with van der Waals surface area (Å²) in [4.78, 5) is 44.6. The van der Waals surface area contributed by atoms with Gasteiger partial charge in [0.2, 0.25) is 5.70 Å². The lowest BCUT2D eigenvalue weighted by atomic mass is 9.34. The fourth-order valence-corrected chi connectivity index (χ4v) is 10.4. The van der Waals surface area contributed by atoms with Gasteiger partial charge in [0, 0.05) is 22.7 Å². The second-order valence-corrected chi connectivity index (χ2v) is 15.0. The van der Waals surface area contributed by atoms with Gasteiger partial charge in [-0.25, -0.2) is 4.85 Å². The zero-order valence-corrected chi connectivity index (χ0v) is 24.2. The molecule has 0 amide bonds. The Morgan fingerprint density at radius 3 is 2.26 bits per heavy atom. The molecule has 6 heteroatoms. The number of aliphatic hydroxyl groups is 1. The number of ether oxygens (including phenoxy) is 1. The lowest BCUT2D eigenvalue weighted by Gasteiger charge is -2.69. The molecule has 5 aliphatic carbocycles. The number of hydrogen-bond donors (Lipinski definition) is 1. The van der Waals surface area contributed by atoms with E-state index in [2.05, 4.69) is 32.5 Å². The van der Waals surface area contributed by atoms with E-state index in [0.29, 0.717) is 19.3 Å². The molecule has 0 radical (unpaired) electrons. The number of Topliss-reactive ketones (excluding diaryl/α,β-unsaturated/α-hetero) is 1. The van der Waals surface area contributed by atoms with Crippen molar-refractivity contribution in [2.24, 2.45) is 50.2 Å². The van der Waals surface area contributed by atoms with Crippen LogP contribution in [0.25, 0.3) is 4.85 Å². The van der Waals surface area contributed by atoms with E-state index in [0.717, 1.165) is 24.8 Å². The normalized spacial score (nSPS) is 46.7. The predicted octanol–water partition coefficient (Wildman–Crippen LogP) is 5.70. The Balaban J connectivity index is 1.73. The average molecular weight is 522 g/mol. The van der Waals surface area contributed by atoms with Crippen molar-refractivity contribution in [1.82, 2.24) is 0 Å². The van der Waals surface area contributed by atoms with Crippen LogP contribution in [0.5, 0.6) is 0 Å². The first-order valence-corrected chi connectivity index (χ1v) is 14.1. The molecule has 0 aromatic rings. The summed E-state index contributed by atoms with van der Waals surface area (Å²) in [5, 5.41) is 11.8. The van der Waals surface area contributed by atoms with Crippen molar-refractivity contribution in [3.8, 4) is 0 Å². The number of rotatable bonds is 1. The van der Waals surface area contributed by atoms with Crippen molar-refractivity contribution in [2.75, 3.05) is 7.11 Å². The maximum absolute atomic E-state index is 14.4. The molecule has 0 spiro atoms. The van der Waals surface area contributed by atoms with E-state index in [9.17, 15) is 19.5 Å². The third-order valence-corrected chi connectivity index (χ3v) is 12.3. The van der Waals surface area contributed by atoms with Gasteiger partial charge in [-0.1, -0.05) is 60.1 Å². The molecule has 0 aliphatic heterocycles. The molecule has 0 bridgehead atoms.